The molecule has 2 aromatic heterocycles. The van der Waals surface area contributed by atoms with Crippen LogP contribution in [0.1, 0.15) is 53.8 Å². The average molecular weight is 388 g/mol. The topological polar surface area (TPSA) is 88.1 Å². The van der Waals surface area contributed by atoms with Gasteiger partial charge in [0.25, 0.3) is 5.91 Å². The van der Waals surface area contributed by atoms with Crippen molar-refractivity contribution in [2.45, 2.75) is 39.0 Å². The summed E-state index contributed by atoms with van der Waals surface area (Å²) < 4.78 is 0. The lowest BCUT2D eigenvalue weighted by Crippen LogP contribution is -2.39. The summed E-state index contributed by atoms with van der Waals surface area (Å²) in [5, 5.41) is 6.04. The molecule has 0 radical (unpaired) electrons. The van der Waals surface area contributed by atoms with Crippen molar-refractivity contribution in [3.63, 3.8) is 0 Å². The van der Waals surface area contributed by atoms with Crippen LogP contribution in [0.4, 0.5) is 0 Å². The Hall–Kier alpha value is -2.35. The predicted octanol–water partition coefficient (Wildman–Crippen LogP) is 2.27. The Morgan fingerprint density at radius 2 is 2.22 bits per heavy atom. The molecule has 27 heavy (non-hydrogen) atoms. The Balaban J connectivity index is 1.56. The molecule has 0 saturated carbocycles. The van der Waals surface area contributed by atoms with Crippen LogP contribution in [0.2, 0.25) is 0 Å². The summed E-state index contributed by atoms with van der Waals surface area (Å²) in [5.41, 5.74) is 1.38. The minimum absolute atomic E-state index is 0.00365. The highest BCUT2D eigenvalue weighted by Gasteiger charge is 2.27. The molecule has 1 aliphatic heterocycles. The summed E-state index contributed by atoms with van der Waals surface area (Å²) in [6.07, 6.45) is 7.33. The number of rotatable bonds is 6. The molecule has 1 fully saturated rings. The zero-order valence-electron chi connectivity index (χ0n) is 15.7. The van der Waals surface area contributed by atoms with Gasteiger partial charge >= 0.3 is 0 Å². The van der Waals surface area contributed by atoms with Crippen LogP contribution in [0.5, 0.6) is 0 Å². The van der Waals surface area contributed by atoms with Gasteiger partial charge < -0.3 is 10.2 Å². The molecule has 1 N–H and O–H groups in total. The summed E-state index contributed by atoms with van der Waals surface area (Å²) in [5.74, 6) is 0.247. The first kappa shape index (κ1) is 19.4. The van der Waals surface area contributed by atoms with E-state index >= 15 is 0 Å². The molecule has 0 spiro atoms. The van der Waals surface area contributed by atoms with E-state index in [0.717, 1.165) is 36.5 Å². The van der Waals surface area contributed by atoms with E-state index in [1.165, 1.54) is 6.20 Å². The van der Waals surface area contributed by atoms with Gasteiger partial charge in [-0.1, -0.05) is 13.8 Å². The number of likely N-dealkylation sites (tertiary alicyclic amines) is 1. The van der Waals surface area contributed by atoms with Crippen molar-refractivity contribution >= 4 is 23.2 Å². The quantitative estimate of drug-likeness (QED) is 0.821. The van der Waals surface area contributed by atoms with Crippen molar-refractivity contribution < 1.29 is 9.59 Å². The van der Waals surface area contributed by atoms with Gasteiger partial charge in [-0.05, 0) is 12.8 Å². The number of carbonyl (C=O) groups excluding carboxylic acids is 2. The van der Waals surface area contributed by atoms with Gasteiger partial charge in [0.1, 0.15) is 5.69 Å². The molecule has 2 aromatic rings. The van der Waals surface area contributed by atoms with E-state index in [4.69, 9.17) is 4.98 Å². The number of amides is 2. The maximum Gasteiger partial charge on any atom is 0.274 e. The molecule has 3 heterocycles. The SMILES string of the molecule is CC(C)C(=O)NCCc1csc([C@H]2CCCN(C(=O)c3cnccn3)C2)n1. The van der Waals surface area contributed by atoms with E-state index in [1.807, 2.05) is 18.7 Å². The van der Waals surface area contributed by atoms with E-state index in [0.29, 0.717) is 18.8 Å². The minimum atomic E-state index is -0.0685. The van der Waals surface area contributed by atoms with E-state index in [9.17, 15) is 9.59 Å². The van der Waals surface area contributed by atoms with Crippen LogP contribution in [-0.4, -0.2) is 51.3 Å². The van der Waals surface area contributed by atoms with E-state index in [1.54, 1.807) is 23.7 Å². The number of thiazole rings is 1. The predicted molar refractivity (Wildman–Crippen MR) is 104 cm³/mol. The summed E-state index contributed by atoms with van der Waals surface area (Å²) in [6, 6.07) is 0. The molecular weight excluding hydrogens is 362 g/mol. The van der Waals surface area contributed by atoms with Gasteiger partial charge in [0, 0.05) is 55.7 Å². The highest BCUT2D eigenvalue weighted by molar-refractivity contribution is 7.09. The Bertz CT molecular complexity index is 777. The zero-order chi connectivity index (χ0) is 19.2. The Labute approximate surface area is 163 Å². The first-order valence-corrected chi connectivity index (χ1v) is 10.2. The van der Waals surface area contributed by atoms with E-state index in [-0.39, 0.29) is 23.7 Å². The molecule has 0 unspecified atom stereocenters. The molecule has 2 amide bonds. The fourth-order valence-electron chi connectivity index (χ4n) is 3.08. The van der Waals surface area contributed by atoms with Gasteiger partial charge in [-0.3, -0.25) is 14.6 Å². The van der Waals surface area contributed by atoms with Crippen LogP contribution in [0.3, 0.4) is 0 Å². The number of piperidine rings is 1. The van der Waals surface area contributed by atoms with Crippen molar-refractivity contribution in [1.82, 2.24) is 25.2 Å². The van der Waals surface area contributed by atoms with Gasteiger partial charge in [-0.15, -0.1) is 11.3 Å². The van der Waals surface area contributed by atoms with Gasteiger partial charge in [0.15, 0.2) is 0 Å². The van der Waals surface area contributed by atoms with E-state index in [2.05, 4.69) is 20.7 Å². The van der Waals surface area contributed by atoms with Crippen molar-refractivity contribution in [3.8, 4) is 0 Å². The number of carbonyl (C=O) groups is 2. The normalized spacial score (nSPS) is 17.1. The number of aromatic nitrogens is 3. The van der Waals surface area contributed by atoms with Crippen LogP contribution in [-0.2, 0) is 11.2 Å². The maximum absolute atomic E-state index is 12.6. The van der Waals surface area contributed by atoms with Crippen molar-refractivity contribution in [2.75, 3.05) is 19.6 Å². The second-order valence-electron chi connectivity index (χ2n) is 7.05. The first-order valence-electron chi connectivity index (χ1n) is 9.32. The Morgan fingerprint density at radius 3 is 2.96 bits per heavy atom. The van der Waals surface area contributed by atoms with Crippen LogP contribution < -0.4 is 5.32 Å². The number of hydrogen-bond donors (Lipinski definition) is 1. The molecule has 0 aromatic carbocycles. The fraction of sp³-hybridized carbons (Fsp3) is 0.526. The lowest BCUT2D eigenvalue weighted by Gasteiger charge is -2.31. The number of nitrogens with one attached hydrogen (secondary N) is 1. The third-order valence-electron chi connectivity index (χ3n) is 4.61. The Kier molecular flexibility index (Phi) is 6.49. The molecule has 8 heteroatoms. The molecule has 7 nitrogen and oxygen atoms in total. The number of nitrogens with zero attached hydrogens (tertiary/aromatic N) is 4. The minimum Gasteiger partial charge on any atom is -0.355 e. The molecule has 0 bridgehead atoms. The lowest BCUT2D eigenvalue weighted by atomic mass is 9.98. The second kappa shape index (κ2) is 9.03. The first-order chi connectivity index (χ1) is 13.0. The summed E-state index contributed by atoms with van der Waals surface area (Å²) in [7, 11) is 0. The molecule has 3 rings (SSSR count). The largest absolute Gasteiger partial charge is 0.355 e. The molecule has 1 saturated heterocycles. The monoisotopic (exact) mass is 387 g/mol. The van der Waals surface area contributed by atoms with Crippen LogP contribution in [0.25, 0.3) is 0 Å². The highest BCUT2D eigenvalue weighted by atomic mass is 32.1. The van der Waals surface area contributed by atoms with Crippen LogP contribution in [0, 0.1) is 5.92 Å². The summed E-state index contributed by atoms with van der Waals surface area (Å²) in [4.78, 5) is 38.9. The summed E-state index contributed by atoms with van der Waals surface area (Å²) >= 11 is 1.64. The number of hydrogen-bond acceptors (Lipinski definition) is 6. The second-order valence-corrected chi connectivity index (χ2v) is 7.94. The van der Waals surface area contributed by atoms with Gasteiger partial charge in [-0.25, -0.2) is 9.97 Å². The third kappa shape index (κ3) is 5.09. The van der Waals surface area contributed by atoms with Crippen molar-refractivity contribution in [3.05, 3.63) is 40.4 Å². The molecular formula is C19H25N5O2S. The smallest absolute Gasteiger partial charge is 0.274 e. The Morgan fingerprint density at radius 1 is 1.37 bits per heavy atom. The standard InChI is InChI=1S/C19H25N5O2S/c1-13(2)17(25)22-6-5-15-12-27-18(23-15)14-4-3-9-24(11-14)19(26)16-10-20-7-8-21-16/h7-8,10,12-14H,3-6,9,11H2,1-2H3,(H,22,25)/t14-/m0/s1. The maximum atomic E-state index is 12.6. The summed E-state index contributed by atoms with van der Waals surface area (Å²) in [6.45, 7) is 5.76. The molecule has 1 aliphatic rings. The van der Waals surface area contributed by atoms with Crippen LogP contribution >= 0.6 is 11.3 Å². The van der Waals surface area contributed by atoms with E-state index < -0.39 is 0 Å². The van der Waals surface area contributed by atoms with Crippen LogP contribution in [0.15, 0.2) is 24.0 Å². The zero-order valence-corrected chi connectivity index (χ0v) is 16.5. The average Bonchev–Trinajstić information content (AvgIpc) is 3.17. The third-order valence-corrected chi connectivity index (χ3v) is 5.67. The van der Waals surface area contributed by atoms with Crippen molar-refractivity contribution in [1.29, 1.82) is 0 Å². The highest BCUT2D eigenvalue weighted by Crippen LogP contribution is 2.29. The molecule has 0 aliphatic carbocycles. The van der Waals surface area contributed by atoms with Gasteiger partial charge in [-0.2, -0.15) is 0 Å². The molecule has 144 valence electrons. The van der Waals surface area contributed by atoms with Gasteiger partial charge in [0.2, 0.25) is 5.91 Å². The van der Waals surface area contributed by atoms with Gasteiger partial charge in [0.05, 0.1) is 16.9 Å². The lowest BCUT2D eigenvalue weighted by molar-refractivity contribution is -0.123. The fourth-order valence-corrected chi connectivity index (χ4v) is 4.06. The molecule has 1 atom stereocenters. The van der Waals surface area contributed by atoms with Crippen molar-refractivity contribution in [2.24, 2.45) is 5.92 Å².